The number of ether oxygens (including phenoxy) is 2. The van der Waals surface area contributed by atoms with Crippen molar-refractivity contribution >= 4 is 5.95 Å². The number of hydrogen-bond acceptors (Lipinski definition) is 7. The van der Waals surface area contributed by atoms with Crippen molar-refractivity contribution in [1.82, 2.24) is 20.2 Å². The first-order chi connectivity index (χ1) is 12.7. The van der Waals surface area contributed by atoms with Crippen LogP contribution in [0.25, 0.3) is 5.69 Å². The second-order valence-corrected chi connectivity index (χ2v) is 5.98. The van der Waals surface area contributed by atoms with E-state index in [0.29, 0.717) is 30.5 Å². The zero-order valence-corrected chi connectivity index (χ0v) is 14.5. The van der Waals surface area contributed by atoms with Gasteiger partial charge in [0.05, 0.1) is 33.0 Å². The van der Waals surface area contributed by atoms with Crippen LogP contribution in [0.15, 0.2) is 42.5 Å². The number of tetrazole rings is 1. The molecule has 0 fully saturated rings. The van der Waals surface area contributed by atoms with Gasteiger partial charge in [0.1, 0.15) is 17.6 Å². The average Bonchev–Trinajstić information content (AvgIpc) is 3.17. The molecule has 1 aliphatic rings. The Bertz CT molecular complexity index is 912. The normalized spacial score (nSPS) is 16.3. The molecule has 0 aliphatic carbocycles. The molecular formula is C18H19N5O3. The monoisotopic (exact) mass is 353 g/mol. The summed E-state index contributed by atoms with van der Waals surface area (Å²) in [6.45, 7) is 0.851. The summed E-state index contributed by atoms with van der Waals surface area (Å²) in [7, 11) is 3.21. The van der Waals surface area contributed by atoms with E-state index in [-0.39, 0.29) is 0 Å². The SMILES string of the molecule is COc1ccc(OC)c2c1CN(c1nnnn1-c1ccccc1)CC2O. The number of β-amino-alcohol motifs (C(OH)–C–C–N with tert-alkyl or cyclic N) is 1. The summed E-state index contributed by atoms with van der Waals surface area (Å²) in [4.78, 5) is 1.93. The fourth-order valence-corrected chi connectivity index (χ4v) is 3.34. The van der Waals surface area contributed by atoms with E-state index in [1.165, 1.54) is 0 Å². The van der Waals surface area contributed by atoms with Gasteiger partial charge in [0, 0.05) is 11.1 Å². The van der Waals surface area contributed by atoms with Crippen LogP contribution in [0, 0.1) is 0 Å². The van der Waals surface area contributed by atoms with E-state index in [9.17, 15) is 5.11 Å². The van der Waals surface area contributed by atoms with Crippen LogP contribution in [-0.4, -0.2) is 46.1 Å². The second-order valence-electron chi connectivity index (χ2n) is 5.98. The van der Waals surface area contributed by atoms with Crippen molar-refractivity contribution < 1.29 is 14.6 Å². The van der Waals surface area contributed by atoms with Crippen molar-refractivity contribution in [2.45, 2.75) is 12.6 Å². The molecule has 134 valence electrons. The van der Waals surface area contributed by atoms with Gasteiger partial charge in [-0.2, -0.15) is 4.68 Å². The number of hydrogen-bond donors (Lipinski definition) is 1. The molecule has 1 N–H and O–H groups in total. The van der Waals surface area contributed by atoms with Crippen LogP contribution in [0.5, 0.6) is 11.5 Å². The number of rotatable bonds is 4. The Kier molecular flexibility index (Phi) is 4.18. The quantitative estimate of drug-likeness (QED) is 0.764. The molecule has 0 spiro atoms. The summed E-state index contributed by atoms with van der Waals surface area (Å²) < 4.78 is 12.6. The Hall–Kier alpha value is -3.13. The minimum atomic E-state index is -0.746. The van der Waals surface area contributed by atoms with Crippen LogP contribution in [0.4, 0.5) is 5.95 Å². The number of methoxy groups -OCH3 is 2. The molecule has 1 aliphatic heterocycles. The zero-order valence-electron chi connectivity index (χ0n) is 14.5. The molecule has 0 bridgehead atoms. The molecule has 8 nitrogen and oxygen atoms in total. The summed E-state index contributed by atoms with van der Waals surface area (Å²) in [6, 6.07) is 13.3. The minimum Gasteiger partial charge on any atom is -0.496 e. The first kappa shape index (κ1) is 16.3. The highest BCUT2D eigenvalue weighted by Gasteiger charge is 2.32. The van der Waals surface area contributed by atoms with Crippen LogP contribution in [-0.2, 0) is 6.54 Å². The Labute approximate surface area is 150 Å². The summed E-state index contributed by atoms with van der Waals surface area (Å²) in [6.07, 6.45) is -0.746. The van der Waals surface area contributed by atoms with Gasteiger partial charge in [-0.25, -0.2) is 0 Å². The van der Waals surface area contributed by atoms with E-state index >= 15 is 0 Å². The molecule has 8 heteroatoms. The molecule has 1 unspecified atom stereocenters. The molecule has 0 amide bonds. The Morgan fingerprint density at radius 3 is 2.50 bits per heavy atom. The molecule has 4 rings (SSSR count). The molecule has 1 aromatic heterocycles. The molecule has 0 radical (unpaired) electrons. The number of aromatic nitrogens is 4. The number of fused-ring (bicyclic) bond motifs is 1. The molecule has 2 aromatic carbocycles. The topological polar surface area (TPSA) is 85.5 Å². The third-order valence-corrected chi connectivity index (χ3v) is 4.53. The van der Waals surface area contributed by atoms with Gasteiger partial charge in [0.2, 0.25) is 0 Å². The van der Waals surface area contributed by atoms with Crippen LogP contribution < -0.4 is 14.4 Å². The van der Waals surface area contributed by atoms with E-state index in [0.717, 1.165) is 16.8 Å². The van der Waals surface area contributed by atoms with Crippen molar-refractivity contribution in [2.24, 2.45) is 0 Å². The van der Waals surface area contributed by atoms with Crippen LogP contribution in [0.1, 0.15) is 17.2 Å². The van der Waals surface area contributed by atoms with Gasteiger partial charge >= 0.3 is 0 Å². The van der Waals surface area contributed by atoms with Crippen molar-refractivity contribution in [1.29, 1.82) is 0 Å². The predicted octanol–water partition coefficient (Wildman–Crippen LogP) is 1.73. The van der Waals surface area contributed by atoms with Crippen molar-refractivity contribution in [3.63, 3.8) is 0 Å². The smallest absolute Gasteiger partial charge is 0.250 e. The number of benzene rings is 2. The molecule has 0 saturated heterocycles. The molecule has 26 heavy (non-hydrogen) atoms. The summed E-state index contributed by atoms with van der Waals surface area (Å²) >= 11 is 0. The third kappa shape index (κ3) is 2.64. The largest absolute Gasteiger partial charge is 0.496 e. The van der Waals surface area contributed by atoms with E-state index in [4.69, 9.17) is 9.47 Å². The standard InChI is InChI=1S/C18H19N5O3/c1-25-15-8-9-16(26-2)17-13(15)10-22(11-14(17)24)18-19-20-21-23(18)12-6-4-3-5-7-12/h3-9,14,24H,10-11H2,1-2H3. The van der Waals surface area contributed by atoms with E-state index in [1.54, 1.807) is 18.9 Å². The number of para-hydroxylation sites is 1. The lowest BCUT2D eigenvalue weighted by Crippen LogP contribution is -2.36. The van der Waals surface area contributed by atoms with Gasteiger partial charge in [-0.1, -0.05) is 23.3 Å². The fourth-order valence-electron chi connectivity index (χ4n) is 3.34. The molecular weight excluding hydrogens is 334 g/mol. The van der Waals surface area contributed by atoms with Gasteiger partial charge < -0.3 is 19.5 Å². The number of nitrogens with zero attached hydrogens (tertiary/aromatic N) is 5. The Morgan fingerprint density at radius 1 is 1.04 bits per heavy atom. The first-order valence-corrected chi connectivity index (χ1v) is 8.23. The maximum Gasteiger partial charge on any atom is 0.250 e. The lowest BCUT2D eigenvalue weighted by molar-refractivity contribution is 0.169. The fraction of sp³-hybridized carbons (Fsp3) is 0.278. The summed E-state index contributed by atoms with van der Waals surface area (Å²) in [5.41, 5.74) is 2.47. The first-order valence-electron chi connectivity index (χ1n) is 8.23. The van der Waals surface area contributed by atoms with Crippen LogP contribution >= 0.6 is 0 Å². The van der Waals surface area contributed by atoms with E-state index in [1.807, 2.05) is 47.4 Å². The molecule has 1 atom stereocenters. The zero-order chi connectivity index (χ0) is 18.1. The minimum absolute atomic E-state index is 0.351. The third-order valence-electron chi connectivity index (χ3n) is 4.53. The number of aliphatic hydroxyl groups is 1. The number of aliphatic hydroxyl groups excluding tert-OH is 1. The van der Waals surface area contributed by atoms with Crippen molar-refractivity contribution in [3.05, 3.63) is 53.6 Å². The maximum absolute atomic E-state index is 10.8. The van der Waals surface area contributed by atoms with E-state index in [2.05, 4.69) is 15.5 Å². The second kappa shape index (κ2) is 6.64. The Balaban J connectivity index is 1.76. The average molecular weight is 353 g/mol. The van der Waals surface area contributed by atoms with Crippen LogP contribution in [0.3, 0.4) is 0 Å². The molecule has 3 aromatic rings. The number of anilines is 1. The highest BCUT2D eigenvalue weighted by atomic mass is 16.5. The lowest BCUT2D eigenvalue weighted by atomic mass is 9.95. The summed E-state index contributed by atoms with van der Waals surface area (Å²) in [5, 5.41) is 22.8. The van der Waals surface area contributed by atoms with Gasteiger partial charge in [-0.05, 0) is 34.7 Å². The van der Waals surface area contributed by atoms with Crippen molar-refractivity contribution in [2.75, 3.05) is 25.7 Å². The van der Waals surface area contributed by atoms with E-state index < -0.39 is 6.10 Å². The predicted molar refractivity (Wildman–Crippen MR) is 94.7 cm³/mol. The molecule has 0 saturated carbocycles. The van der Waals surface area contributed by atoms with Gasteiger partial charge in [0.15, 0.2) is 0 Å². The van der Waals surface area contributed by atoms with Gasteiger partial charge in [-0.3, -0.25) is 0 Å². The van der Waals surface area contributed by atoms with Gasteiger partial charge in [0.25, 0.3) is 5.95 Å². The maximum atomic E-state index is 10.8. The van der Waals surface area contributed by atoms with Gasteiger partial charge in [-0.15, -0.1) is 0 Å². The molecule has 2 heterocycles. The lowest BCUT2D eigenvalue weighted by Gasteiger charge is -2.34. The van der Waals surface area contributed by atoms with Crippen molar-refractivity contribution in [3.8, 4) is 17.2 Å². The highest BCUT2D eigenvalue weighted by Crippen LogP contribution is 2.40. The highest BCUT2D eigenvalue weighted by molar-refractivity contribution is 5.55. The Morgan fingerprint density at radius 2 is 1.77 bits per heavy atom. The summed E-state index contributed by atoms with van der Waals surface area (Å²) in [5.74, 6) is 1.91. The van der Waals surface area contributed by atoms with Crippen LogP contribution in [0.2, 0.25) is 0 Å².